The number of hydrogen-bond acceptors (Lipinski definition) is 5. The summed E-state index contributed by atoms with van der Waals surface area (Å²) >= 11 is 0. The van der Waals surface area contributed by atoms with Crippen LogP contribution in [0.5, 0.6) is 0 Å². The van der Waals surface area contributed by atoms with E-state index in [1.807, 2.05) is 30.3 Å². The van der Waals surface area contributed by atoms with Crippen LogP contribution >= 0.6 is 0 Å². The number of rotatable bonds is 7. The van der Waals surface area contributed by atoms with Crippen molar-refractivity contribution in [2.45, 2.75) is 25.4 Å². The molecule has 2 fully saturated rings. The van der Waals surface area contributed by atoms with Crippen molar-refractivity contribution in [2.24, 2.45) is 5.92 Å². The first-order valence-electron chi connectivity index (χ1n) is 9.21. The third-order valence-corrected chi connectivity index (χ3v) is 7.00. The van der Waals surface area contributed by atoms with E-state index >= 15 is 0 Å². The fraction of sp³-hybridized carbons (Fsp3) is 0.579. The molecule has 2 saturated heterocycles. The highest BCUT2D eigenvalue weighted by Gasteiger charge is 2.42. The second-order valence-electron chi connectivity index (χ2n) is 7.24. The van der Waals surface area contributed by atoms with Gasteiger partial charge in [0.1, 0.15) is 0 Å². The smallest absolute Gasteiger partial charge is 0.228 e. The van der Waals surface area contributed by atoms with Gasteiger partial charge in [-0.05, 0) is 12.0 Å². The summed E-state index contributed by atoms with van der Waals surface area (Å²) in [6.07, 6.45) is 0.611. The highest BCUT2D eigenvalue weighted by molar-refractivity contribution is 7.91. The Morgan fingerprint density at radius 3 is 2.67 bits per heavy atom. The molecule has 0 aromatic heterocycles. The van der Waals surface area contributed by atoms with E-state index in [0.717, 1.165) is 5.56 Å². The minimum atomic E-state index is -3.07. The molecule has 0 aliphatic carbocycles. The number of carbonyl (C=O) groups is 2. The van der Waals surface area contributed by atoms with E-state index in [2.05, 4.69) is 0 Å². The lowest BCUT2D eigenvalue weighted by molar-refractivity contribution is -0.137. The molecule has 3 rings (SSSR count). The average Bonchev–Trinajstić information content (AvgIpc) is 3.20. The fourth-order valence-electron chi connectivity index (χ4n) is 3.80. The molecule has 0 N–H and O–H groups in total. The van der Waals surface area contributed by atoms with Crippen LogP contribution in [0.2, 0.25) is 0 Å². The Labute approximate surface area is 160 Å². The number of ether oxygens (including phenoxy) is 1. The van der Waals surface area contributed by atoms with Gasteiger partial charge >= 0.3 is 0 Å². The first-order valence-corrected chi connectivity index (χ1v) is 11.0. The molecule has 2 aliphatic rings. The number of sulfone groups is 1. The third-order valence-electron chi connectivity index (χ3n) is 5.25. The molecule has 148 valence electrons. The highest BCUT2D eigenvalue weighted by Crippen LogP contribution is 2.27. The van der Waals surface area contributed by atoms with Gasteiger partial charge in [-0.15, -0.1) is 0 Å². The van der Waals surface area contributed by atoms with E-state index in [9.17, 15) is 18.0 Å². The number of likely N-dealkylation sites (tertiary alicyclic amines) is 1. The van der Waals surface area contributed by atoms with Crippen molar-refractivity contribution >= 4 is 21.7 Å². The van der Waals surface area contributed by atoms with Crippen molar-refractivity contribution in [2.75, 3.05) is 38.3 Å². The largest absolute Gasteiger partial charge is 0.383 e. The van der Waals surface area contributed by atoms with Gasteiger partial charge in [-0.3, -0.25) is 9.59 Å². The first kappa shape index (κ1) is 19.8. The monoisotopic (exact) mass is 394 g/mol. The molecule has 1 aromatic carbocycles. The Kier molecular flexibility index (Phi) is 6.16. The molecule has 27 heavy (non-hydrogen) atoms. The lowest BCUT2D eigenvalue weighted by Gasteiger charge is -2.27. The Hall–Kier alpha value is -1.93. The fourth-order valence-corrected chi connectivity index (χ4v) is 5.53. The van der Waals surface area contributed by atoms with Crippen LogP contribution in [-0.4, -0.2) is 74.4 Å². The predicted octanol–water partition coefficient (Wildman–Crippen LogP) is 0.697. The summed E-state index contributed by atoms with van der Waals surface area (Å²) in [5.41, 5.74) is 1.02. The number of amides is 2. The second kappa shape index (κ2) is 8.39. The van der Waals surface area contributed by atoms with Gasteiger partial charge in [-0.1, -0.05) is 30.3 Å². The van der Waals surface area contributed by atoms with Crippen LogP contribution in [0.25, 0.3) is 0 Å². The summed E-state index contributed by atoms with van der Waals surface area (Å²) in [5.74, 6) is -0.499. The zero-order chi connectivity index (χ0) is 19.4. The number of carbonyl (C=O) groups excluding carboxylic acids is 2. The van der Waals surface area contributed by atoms with Gasteiger partial charge in [0.25, 0.3) is 0 Å². The summed E-state index contributed by atoms with van der Waals surface area (Å²) in [5, 5.41) is 0. The van der Waals surface area contributed by atoms with E-state index < -0.39 is 15.8 Å². The first-order chi connectivity index (χ1) is 12.9. The van der Waals surface area contributed by atoms with Crippen LogP contribution < -0.4 is 0 Å². The van der Waals surface area contributed by atoms with E-state index in [1.54, 1.807) is 16.9 Å². The van der Waals surface area contributed by atoms with E-state index in [1.165, 1.54) is 0 Å². The van der Waals surface area contributed by atoms with E-state index in [4.69, 9.17) is 4.74 Å². The number of nitrogens with zero attached hydrogens (tertiary/aromatic N) is 2. The van der Waals surface area contributed by atoms with E-state index in [-0.39, 0.29) is 35.8 Å². The van der Waals surface area contributed by atoms with Gasteiger partial charge in [-0.25, -0.2) is 8.42 Å². The summed E-state index contributed by atoms with van der Waals surface area (Å²) in [6, 6.07) is 9.41. The molecule has 0 radical (unpaired) electrons. The third kappa shape index (κ3) is 4.87. The van der Waals surface area contributed by atoms with Gasteiger partial charge in [0.05, 0.1) is 24.0 Å². The summed E-state index contributed by atoms with van der Waals surface area (Å²) in [4.78, 5) is 28.8. The second-order valence-corrected chi connectivity index (χ2v) is 9.47. The molecule has 2 heterocycles. The van der Waals surface area contributed by atoms with Gasteiger partial charge < -0.3 is 14.5 Å². The zero-order valence-electron chi connectivity index (χ0n) is 15.5. The number of hydrogen-bond donors (Lipinski definition) is 0. The minimum absolute atomic E-state index is 0.0110. The Morgan fingerprint density at radius 2 is 2.04 bits per heavy atom. The van der Waals surface area contributed by atoms with Crippen molar-refractivity contribution in [1.29, 1.82) is 0 Å². The van der Waals surface area contributed by atoms with Crippen LogP contribution in [0, 0.1) is 5.92 Å². The number of benzene rings is 1. The zero-order valence-corrected chi connectivity index (χ0v) is 16.4. The van der Waals surface area contributed by atoms with Crippen LogP contribution in [0.15, 0.2) is 30.3 Å². The normalized spacial score (nSPS) is 24.3. The minimum Gasteiger partial charge on any atom is -0.383 e. The molecule has 0 spiro atoms. The maximum Gasteiger partial charge on any atom is 0.228 e. The molecule has 0 bridgehead atoms. The van der Waals surface area contributed by atoms with Gasteiger partial charge in [0.2, 0.25) is 11.8 Å². The van der Waals surface area contributed by atoms with E-state index in [0.29, 0.717) is 32.7 Å². The summed E-state index contributed by atoms with van der Waals surface area (Å²) < 4.78 is 28.6. The highest BCUT2D eigenvalue weighted by atomic mass is 32.2. The summed E-state index contributed by atoms with van der Waals surface area (Å²) in [6.45, 7) is 1.64. The molecule has 1 aromatic rings. The van der Waals surface area contributed by atoms with Crippen molar-refractivity contribution in [3.63, 3.8) is 0 Å². The Bertz CT molecular complexity index is 781. The van der Waals surface area contributed by atoms with Crippen molar-refractivity contribution < 1.29 is 22.7 Å². The van der Waals surface area contributed by atoms with Crippen molar-refractivity contribution in [1.82, 2.24) is 9.80 Å². The van der Waals surface area contributed by atoms with Crippen molar-refractivity contribution in [3.8, 4) is 0 Å². The molecular formula is C19H26N2O5S. The molecule has 2 unspecified atom stereocenters. The maximum absolute atomic E-state index is 13.1. The van der Waals surface area contributed by atoms with Crippen LogP contribution in [0.1, 0.15) is 18.4 Å². The van der Waals surface area contributed by atoms with Crippen LogP contribution in [0.4, 0.5) is 0 Å². The van der Waals surface area contributed by atoms with Gasteiger partial charge in [-0.2, -0.15) is 0 Å². The number of methoxy groups -OCH3 is 1. The average molecular weight is 394 g/mol. The van der Waals surface area contributed by atoms with Gasteiger partial charge in [0.15, 0.2) is 9.84 Å². The SMILES string of the molecule is COCCN(Cc1ccccc1)C(=O)C1CC(=O)N(C2CCS(=O)(=O)C2)C1. The van der Waals surface area contributed by atoms with Gasteiger partial charge in [0, 0.05) is 39.2 Å². The topological polar surface area (TPSA) is 84.0 Å². The molecular weight excluding hydrogens is 368 g/mol. The molecule has 0 saturated carbocycles. The molecule has 8 heteroatoms. The van der Waals surface area contributed by atoms with Crippen molar-refractivity contribution in [3.05, 3.63) is 35.9 Å². The van der Waals surface area contributed by atoms with Crippen LogP contribution in [-0.2, 0) is 30.7 Å². The Balaban J connectivity index is 1.67. The molecule has 2 amide bonds. The predicted molar refractivity (Wildman–Crippen MR) is 101 cm³/mol. The quantitative estimate of drug-likeness (QED) is 0.680. The standard InChI is InChI=1S/C19H26N2O5S/c1-26-9-8-20(12-15-5-3-2-4-6-15)19(23)16-11-18(22)21(13-16)17-7-10-27(24,25)14-17/h2-6,16-17H,7-14H2,1H3. The Morgan fingerprint density at radius 1 is 1.30 bits per heavy atom. The molecule has 7 nitrogen and oxygen atoms in total. The maximum atomic E-state index is 13.1. The summed E-state index contributed by atoms with van der Waals surface area (Å²) in [7, 11) is -1.48. The molecule has 2 aliphatic heterocycles. The lowest BCUT2D eigenvalue weighted by atomic mass is 10.1. The lowest BCUT2D eigenvalue weighted by Crippen LogP contribution is -2.41. The van der Waals surface area contributed by atoms with Crippen LogP contribution in [0.3, 0.4) is 0 Å². The molecule has 2 atom stereocenters.